The highest BCUT2D eigenvalue weighted by atomic mass is 19.2. The second-order valence-electron chi connectivity index (χ2n) is 5.89. The zero-order chi connectivity index (χ0) is 19.7. The lowest BCUT2D eigenvalue weighted by atomic mass is 9.91. The van der Waals surface area contributed by atoms with Crippen molar-refractivity contribution in [1.82, 2.24) is 0 Å². The minimum absolute atomic E-state index is 0.859. The third kappa shape index (κ3) is 2.12. The Morgan fingerprint density at radius 2 is 0.692 bits per heavy atom. The lowest BCUT2D eigenvalue weighted by molar-refractivity contribution is 0.414. The first-order valence-corrected chi connectivity index (χ1v) is 7.14. The Labute approximate surface area is 139 Å². The Morgan fingerprint density at radius 3 is 1.08 bits per heavy atom. The van der Waals surface area contributed by atoms with Crippen LogP contribution < -0.4 is 0 Å². The highest BCUT2D eigenvalue weighted by Crippen LogP contribution is 2.41. The lowest BCUT2D eigenvalue weighted by Gasteiger charge is -2.17. The van der Waals surface area contributed by atoms with Crippen LogP contribution in [0.5, 0.6) is 0 Å². The molecule has 0 heterocycles. The Kier molecular flexibility index (Phi) is 4.08. The van der Waals surface area contributed by atoms with Crippen LogP contribution in [0.25, 0.3) is 21.5 Å². The molecule has 0 aliphatic rings. The van der Waals surface area contributed by atoms with E-state index in [0.29, 0.717) is 0 Å². The van der Waals surface area contributed by atoms with Gasteiger partial charge in [-0.3, -0.25) is 0 Å². The lowest BCUT2D eigenvalue weighted by Crippen LogP contribution is -2.09. The first-order chi connectivity index (χ1) is 12.0. The van der Waals surface area contributed by atoms with E-state index in [4.69, 9.17) is 0 Å². The maximum Gasteiger partial charge on any atom is 0.198 e. The van der Waals surface area contributed by atoms with Crippen LogP contribution in [0.4, 0.5) is 39.5 Å². The summed E-state index contributed by atoms with van der Waals surface area (Å²) in [7, 11) is 0. The fraction of sp³-hybridized carbons (Fsp3) is 0.176. The van der Waals surface area contributed by atoms with Crippen LogP contribution in [-0.2, 0) is 0 Å². The van der Waals surface area contributed by atoms with Gasteiger partial charge < -0.3 is 0 Å². The molecule has 3 rings (SSSR count). The zero-order valence-electron chi connectivity index (χ0n) is 13.0. The van der Waals surface area contributed by atoms with E-state index >= 15 is 0 Å². The Hall–Kier alpha value is -2.45. The smallest absolute Gasteiger partial charge is 0.198 e. The van der Waals surface area contributed by atoms with Crippen molar-refractivity contribution >= 4 is 21.5 Å². The summed E-state index contributed by atoms with van der Waals surface area (Å²) in [6, 6.07) is 0. The van der Waals surface area contributed by atoms with Gasteiger partial charge in [-0.15, -0.1) is 0 Å². The van der Waals surface area contributed by atoms with E-state index in [2.05, 4.69) is 0 Å². The van der Waals surface area contributed by atoms with E-state index in [0.717, 1.165) is 0 Å². The SMILES string of the molecule is CC(C)c1c(F)c(F)c(F)c2c(F)c3c(F)c(F)c(F)c(F)c3c(F)c12. The molecule has 9 heteroatoms. The van der Waals surface area contributed by atoms with Crippen molar-refractivity contribution in [3.05, 3.63) is 57.9 Å². The van der Waals surface area contributed by atoms with Crippen LogP contribution in [0, 0.1) is 52.4 Å². The van der Waals surface area contributed by atoms with Gasteiger partial charge in [0.2, 0.25) is 0 Å². The molecule has 0 atom stereocenters. The number of fused-ring (bicyclic) bond motifs is 2. The van der Waals surface area contributed by atoms with Gasteiger partial charge in [0.1, 0.15) is 11.6 Å². The fourth-order valence-electron chi connectivity index (χ4n) is 2.95. The number of rotatable bonds is 1. The van der Waals surface area contributed by atoms with Gasteiger partial charge in [-0.1, -0.05) is 13.8 Å². The van der Waals surface area contributed by atoms with Crippen LogP contribution in [-0.4, -0.2) is 0 Å². The molecule has 0 N–H and O–H groups in total. The molecule has 138 valence electrons. The molecule has 0 aliphatic carbocycles. The Morgan fingerprint density at radius 1 is 0.385 bits per heavy atom. The molecular weight excluding hydrogens is 375 g/mol. The molecule has 0 radical (unpaired) electrons. The summed E-state index contributed by atoms with van der Waals surface area (Å²) in [5.74, 6) is -20.8. The van der Waals surface area contributed by atoms with Gasteiger partial charge in [-0.25, -0.2) is 39.5 Å². The van der Waals surface area contributed by atoms with E-state index in [1.807, 2.05) is 0 Å². The molecule has 26 heavy (non-hydrogen) atoms. The van der Waals surface area contributed by atoms with Crippen molar-refractivity contribution in [3.8, 4) is 0 Å². The first-order valence-electron chi connectivity index (χ1n) is 7.14. The van der Waals surface area contributed by atoms with Gasteiger partial charge in [0.25, 0.3) is 0 Å². The fourth-order valence-corrected chi connectivity index (χ4v) is 2.95. The highest BCUT2D eigenvalue weighted by molar-refractivity contribution is 6.02. The summed E-state index contributed by atoms with van der Waals surface area (Å²) < 4.78 is 126. The monoisotopic (exact) mass is 382 g/mol. The van der Waals surface area contributed by atoms with Crippen LogP contribution in [0.2, 0.25) is 0 Å². The molecule has 0 nitrogen and oxygen atoms in total. The third-order valence-corrected chi connectivity index (χ3v) is 4.08. The van der Waals surface area contributed by atoms with E-state index in [9.17, 15) is 39.5 Å². The second kappa shape index (κ2) is 5.78. The topological polar surface area (TPSA) is 0 Å². The number of halogens is 9. The van der Waals surface area contributed by atoms with Crippen molar-refractivity contribution < 1.29 is 39.5 Å². The molecule has 0 aromatic heterocycles. The molecule has 0 bridgehead atoms. The van der Waals surface area contributed by atoms with Gasteiger partial charge >= 0.3 is 0 Å². The maximum absolute atomic E-state index is 14.8. The van der Waals surface area contributed by atoms with Crippen molar-refractivity contribution in [2.24, 2.45) is 0 Å². The molecule has 3 aromatic rings. The first kappa shape index (κ1) is 18.3. The van der Waals surface area contributed by atoms with Crippen molar-refractivity contribution in [2.45, 2.75) is 19.8 Å². The highest BCUT2D eigenvalue weighted by Gasteiger charge is 2.33. The summed E-state index contributed by atoms with van der Waals surface area (Å²) in [6.45, 7) is 2.44. The minimum atomic E-state index is -2.46. The summed E-state index contributed by atoms with van der Waals surface area (Å²) >= 11 is 0. The van der Waals surface area contributed by atoms with Gasteiger partial charge in [0.05, 0.1) is 16.2 Å². The van der Waals surface area contributed by atoms with Crippen LogP contribution in [0.3, 0.4) is 0 Å². The molecule has 0 amide bonds. The molecule has 0 saturated carbocycles. The number of hydrogen-bond acceptors (Lipinski definition) is 0. The molecular formula is C17H7F9. The van der Waals surface area contributed by atoms with Gasteiger partial charge in [0, 0.05) is 10.9 Å². The number of benzene rings is 3. The molecule has 0 unspecified atom stereocenters. The zero-order valence-corrected chi connectivity index (χ0v) is 13.0. The summed E-state index contributed by atoms with van der Waals surface area (Å²) in [6.07, 6.45) is 0. The molecule has 3 aromatic carbocycles. The Balaban J connectivity index is 2.82. The van der Waals surface area contributed by atoms with Gasteiger partial charge in [-0.2, -0.15) is 0 Å². The predicted molar refractivity (Wildman–Crippen MR) is 75.2 cm³/mol. The standard InChI is InChI=1S/C17H7F9/c1-3(2)4-5-6(12(21)15(24)11(4)20)10(19)8-7(9(5)18)13(22)16(25)17(26)14(8)23/h3H,1-2H3. The Bertz CT molecular complexity index is 1100. The quantitative estimate of drug-likeness (QED) is 0.199. The summed E-state index contributed by atoms with van der Waals surface area (Å²) in [5.41, 5.74) is -0.859. The van der Waals surface area contributed by atoms with E-state index < -0.39 is 85.4 Å². The van der Waals surface area contributed by atoms with E-state index in [-0.39, 0.29) is 0 Å². The van der Waals surface area contributed by atoms with Crippen LogP contribution in [0.1, 0.15) is 25.3 Å². The normalized spacial score (nSPS) is 12.0. The second-order valence-corrected chi connectivity index (χ2v) is 5.89. The van der Waals surface area contributed by atoms with Crippen molar-refractivity contribution in [1.29, 1.82) is 0 Å². The summed E-state index contributed by atoms with van der Waals surface area (Å²) in [5, 5.41) is -6.16. The molecule has 0 spiro atoms. The third-order valence-electron chi connectivity index (χ3n) is 4.08. The minimum Gasteiger partial charge on any atom is -0.205 e. The van der Waals surface area contributed by atoms with E-state index in [1.165, 1.54) is 13.8 Å². The van der Waals surface area contributed by atoms with Gasteiger partial charge in [0.15, 0.2) is 40.7 Å². The summed E-state index contributed by atoms with van der Waals surface area (Å²) in [4.78, 5) is 0. The predicted octanol–water partition coefficient (Wildman–Crippen LogP) is 6.37. The number of hydrogen-bond donors (Lipinski definition) is 0. The van der Waals surface area contributed by atoms with Crippen molar-refractivity contribution in [2.75, 3.05) is 0 Å². The molecule has 0 saturated heterocycles. The molecule has 0 fully saturated rings. The van der Waals surface area contributed by atoms with Crippen LogP contribution in [0.15, 0.2) is 0 Å². The average Bonchev–Trinajstić information content (AvgIpc) is 2.58. The van der Waals surface area contributed by atoms with Crippen LogP contribution >= 0.6 is 0 Å². The maximum atomic E-state index is 14.8. The average molecular weight is 382 g/mol. The van der Waals surface area contributed by atoms with Gasteiger partial charge in [-0.05, 0) is 5.92 Å². The van der Waals surface area contributed by atoms with E-state index in [1.54, 1.807) is 0 Å². The largest absolute Gasteiger partial charge is 0.205 e. The molecule has 0 aliphatic heterocycles. The van der Waals surface area contributed by atoms with Crippen molar-refractivity contribution in [3.63, 3.8) is 0 Å².